The van der Waals surface area contributed by atoms with E-state index in [0.29, 0.717) is 23.7 Å². The van der Waals surface area contributed by atoms with Gasteiger partial charge in [0.1, 0.15) is 17.9 Å². The first kappa shape index (κ1) is 24.9. The lowest BCUT2D eigenvalue weighted by atomic mass is 9.75. The molecule has 0 unspecified atom stereocenters. The van der Waals surface area contributed by atoms with Crippen molar-refractivity contribution in [1.29, 1.82) is 10.5 Å². The molecule has 1 fully saturated rings. The third-order valence-corrected chi connectivity index (χ3v) is 7.10. The van der Waals surface area contributed by atoms with E-state index in [1.54, 1.807) is 0 Å². The van der Waals surface area contributed by atoms with Crippen molar-refractivity contribution < 1.29 is 4.74 Å². The van der Waals surface area contributed by atoms with Crippen molar-refractivity contribution in [2.24, 2.45) is 5.92 Å². The molecule has 1 aliphatic rings. The first-order valence-corrected chi connectivity index (χ1v) is 12.9. The molecule has 0 aliphatic heterocycles. The highest BCUT2D eigenvalue weighted by atomic mass is 16.5. The Morgan fingerprint density at radius 1 is 0.788 bits per heavy atom. The fourth-order valence-electron chi connectivity index (χ4n) is 5.19. The Labute approximate surface area is 200 Å². The van der Waals surface area contributed by atoms with Gasteiger partial charge >= 0.3 is 0 Å². The minimum atomic E-state index is 0.391. The Bertz CT molecular complexity index is 957. The molecule has 0 heterocycles. The van der Waals surface area contributed by atoms with Crippen molar-refractivity contribution in [3.8, 4) is 29.0 Å². The predicted octanol–water partition coefficient (Wildman–Crippen LogP) is 8.52. The maximum Gasteiger partial charge on any atom is 0.119 e. The van der Waals surface area contributed by atoms with E-state index in [2.05, 4.69) is 32.1 Å². The average Bonchev–Trinajstić information content (AvgIpc) is 2.87. The van der Waals surface area contributed by atoms with Crippen molar-refractivity contribution in [3.05, 3.63) is 53.1 Å². The fraction of sp³-hybridized carbons (Fsp3) is 0.533. The van der Waals surface area contributed by atoms with Crippen LogP contribution in [0.25, 0.3) is 11.1 Å². The molecular formula is C30H38N2O. The van der Waals surface area contributed by atoms with Crippen LogP contribution in [0.5, 0.6) is 5.75 Å². The number of rotatable bonds is 11. The van der Waals surface area contributed by atoms with Crippen LogP contribution in [0, 0.1) is 28.6 Å². The molecular weight excluding hydrogens is 404 g/mol. The van der Waals surface area contributed by atoms with Gasteiger partial charge in [-0.15, -0.1) is 0 Å². The summed E-state index contributed by atoms with van der Waals surface area (Å²) in [6, 6.07) is 16.7. The van der Waals surface area contributed by atoms with Crippen LogP contribution in [-0.2, 0) is 0 Å². The van der Waals surface area contributed by atoms with Crippen molar-refractivity contribution in [3.63, 3.8) is 0 Å². The van der Waals surface area contributed by atoms with Gasteiger partial charge < -0.3 is 4.74 Å². The third-order valence-electron chi connectivity index (χ3n) is 7.10. The van der Waals surface area contributed by atoms with Gasteiger partial charge in [-0.25, -0.2) is 0 Å². The quantitative estimate of drug-likeness (QED) is 0.328. The molecule has 0 saturated heterocycles. The summed E-state index contributed by atoms with van der Waals surface area (Å²) in [7, 11) is 0. The smallest absolute Gasteiger partial charge is 0.119 e. The van der Waals surface area contributed by atoms with E-state index in [9.17, 15) is 10.5 Å². The maximum atomic E-state index is 9.99. The van der Waals surface area contributed by atoms with Gasteiger partial charge in [0.15, 0.2) is 0 Å². The topological polar surface area (TPSA) is 56.8 Å². The molecule has 0 amide bonds. The second-order valence-corrected chi connectivity index (χ2v) is 9.47. The molecule has 1 aliphatic carbocycles. The zero-order chi connectivity index (χ0) is 23.5. The Hall–Kier alpha value is -2.78. The summed E-state index contributed by atoms with van der Waals surface area (Å²) in [6.45, 7) is 5.04. The molecule has 0 atom stereocenters. The Morgan fingerprint density at radius 3 is 2.12 bits per heavy atom. The van der Waals surface area contributed by atoms with Gasteiger partial charge in [0.25, 0.3) is 0 Å². The van der Waals surface area contributed by atoms with E-state index in [1.807, 2.05) is 30.3 Å². The van der Waals surface area contributed by atoms with E-state index >= 15 is 0 Å². The van der Waals surface area contributed by atoms with Gasteiger partial charge in [-0.05, 0) is 67.2 Å². The minimum Gasteiger partial charge on any atom is -0.494 e. The minimum absolute atomic E-state index is 0.391. The van der Waals surface area contributed by atoms with Gasteiger partial charge in [0.05, 0.1) is 17.7 Å². The summed E-state index contributed by atoms with van der Waals surface area (Å²) >= 11 is 0. The summed E-state index contributed by atoms with van der Waals surface area (Å²) in [5.74, 6) is 2.05. The summed E-state index contributed by atoms with van der Waals surface area (Å²) in [6.07, 6.45) is 13.8. The molecule has 0 aromatic heterocycles. The summed E-state index contributed by atoms with van der Waals surface area (Å²) in [5, 5.41) is 20.0. The van der Waals surface area contributed by atoms with Crippen molar-refractivity contribution in [2.45, 2.75) is 90.4 Å². The van der Waals surface area contributed by atoms with Crippen LogP contribution < -0.4 is 4.74 Å². The summed E-state index contributed by atoms with van der Waals surface area (Å²) < 4.78 is 5.68. The van der Waals surface area contributed by atoms with E-state index in [0.717, 1.165) is 47.6 Å². The number of unbranched alkanes of at least 4 members (excludes halogenated alkanes) is 4. The molecule has 0 radical (unpaired) electrons. The van der Waals surface area contributed by atoms with Gasteiger partial charge in [0, 0.05) is 5.56 Å². The van der Waals surface area contributed by atoms with Crippen LogP contribution in [0.4, 0.5) is 0 Å². The molecule has 0 N–H and O–H groups in total. The van der Waals surface area contributed by atoms with Gasteiger partial charge in [-0.2, -0.15) is 10.5 Å². The van der Waals surface area contributed by atoms with Crippen molar-refractivity contribution >= 4 is 0 Å². The van der Waals surface area contributed by atoms with Crippen LogP contribution in [-0.4, -0.2) is 6.61 Å². The number of nitriles is 2. The van der Waals surface area contributed by atoms with E-state index in [4.69, 9.17) is 4.74 Å². The molecule has 0 bridgehead atoms. The Morgan fingerprint density at radius 2 is 1.48 bits per heavy atom. The number of ether oxygens (including phenoxy) is 1. The SMILES string of the molecule is CCCCCCCC1CCC(c2ccc(-c3ccc(OCCC)cc3)c(C#N)c2C#N)CC1. The number of hydrogen-bond donors (Lipinski definition) is 0. The lowest BCUT2D eigenvalue weighted by Gasteiger charge is -2.29. The second-order valence-electron chi connectivity index (χ2n) is 9.47. The van der Waals surface area contributed by atoms with Gasteiger partial charge in [-0.1, -0.05) is 76.6 Å². The number of benzene rings is 2. The van der Waals surface area contributed by atoms with Crippen molar-refractivity contribution in [2.75, 3.05) is 6.61 Å². The third kappa shape index (κ3) is 6.61. The molecule has 174 valence electrons. The van der Waals surface area contributed by atoms with E-state index in [-0.39, 0.29) is 0 Å². The molecule has 3 heteroatoms. The van der Waals surface area contributed by atoms with Crippen LogP contribution in [0.3, 0.4) is 0 Å². The van der Waals surface area contributed by atoms with Crippen LogP contribution in [0.1, 0.15) is 107 Å². The molecule has 0 spiro atoms. The summed E-state index contributed by atoms with van der Waals surface area (Å²) in [4.78, 5) is 0. The summed E-state index contributed by atoms with van der Waals surface area (Å²) in [5.41, 5.74) is 3.94. The predicted molar refractivity (Wildman–Crippen MR) is 135 cm³/mol. The first-order valence-electron chi connectivity index (χ1n) is 12.9. The van der Waals surface area contributed by atoms with Gasteiger partial charge in [-0.3, -0.25) is 0 Å². The highest BCUT2D eigenvalue weighted by Gasteiger charge is 2.26. The monoisotopic (exact) mass is 442 g/mol. The van der Waals surface area contributed by atoms with Crippen molar-refractivity contribution in [1.82, 2.24) is 0 Å². The molecule has 3 nitrogen and oxygen atoms in total. The highest BCUT2D eigenvalue weighted by Crippen LogP contribution is 2.41. The average molecular weight is 443 g/mol. The zero-order valence-electron chi connectivity index (χ0n) is 20.4. The van der Waals surface area contributed by atoms with Crippen LogP contribution >= 0.6 is 0 Å². The zero-order valence-corrected chi connectivity index (χ0v) is 20.4. The van der Waals surface area contributed by atoms with Crippen LogP contribution in [0.2, 0.25) is 0 Å². The van der Waals surface area contributed by atoms with Crippen LogP contribution in [0.15, 0.2) is 36.4 Å². The fourth-order valence-corrected chi connectivity index (χ4v) is 5.19. The normalized spacial score (nSPS) is 17.8. The standard InChI is InChI=1S/C30H38N2O/c1-3-5-6-7-8-9-23-10-12-24(13-11-23)27-18-19-28(30(22-32)29(27)21-31)25-14-16-26(17-15-25)33-20-4-2/h14-19,23-24H,3-13,20H2,1-2H3. The lowest BCUT2D eigenvalue weighted by molar-refractivity contribution is 0.301. The van der Waals surface area contributed by atoms with E-state index in [1.165, 1.54) is 51.4 Å². The highest BCUT2D eigenvalue weighted by molar-refractivity contribution is 5.75. The largest absolute Gasteiger partial charge is 0.494 e. The molecule has 2 aromatic rings. The second kappa shape index (κ2) is 13.1. The van der Waals surface area contributed by atoms with Gasteiger partial charge in [0.2, 0.25) is 0 Å². The Kier molecular flexibility index (Phi) is 9.83. The molecule has 2 aromatic carbocycles. The molecule has 33 heavy (non-hydrogen) atoms. The number of nitrogens with zero attached hydrogens (tertiary/aromatic N) is 2. The first-order chi connectivity index (χ1) is 16.2. The maximum absolute atomic E-state index is 9.99. The molecule has 1 saturated carbocycles. The lowest BCUT2D eigenvalue weighted by Crippen LogP contribution is -2.15. The van der Waals surface area contributed by atoms with E-state index < -0.39 is 0 Å². The number of hydrogen-bond acceptors (Lipinski definition) is 3. The Balaban J connectivity index is 1.70. The molecule has 3 rings (SSSR count).